The van der Waals surface area contributed by atoms with Gasteiger partial charge in [-0.25, -0.2) is 4.79 Å². The molecule has 4 N–H and O–H groups in total. The Morgan fingerprint density at radius 3 is 2.23 bits per heavy atom. The lowest BCUT2D eigenvalue weighted by Gasteiger charge is -2.22. The fourth-order valence-electron chi connectivity index (χ4n) is 1.92. The van der Waals surface area contributed by atoms with Crippen molar-refractivity contribution in [2.45, 2.75) is 64.9 Å². The van der Waals surface area contributed by atoms with Gasteiger partial charge in [0.25, 0.3) is 0 Å². The summed E-state index contributed by atoms with van der Waals surface area (Å²) in [5.74, 6) is -1.22. The third-order valence-corrected chi connectivity index (χ3v) is 3.92. The fraction of sp³-hybridized carbons (Fsp3) is 0.556. The average Bonchev–Trinajstić information content (AvgIpc) is 2.57. The Bertz CT molecular complexity index is 620. The van der Waals surface area contributed by atoms with Gasteiger partial charge < -0.3 is 30.2 Å². The molecule has 0 heterocycles. The van der Waals surface area contributed by atoms with Crippen molar-refractivity contribution in [3.8, 4) is 11.5 Å². The van der Waals surface area contributed by atoms with Crippen molar-refractivity contribution < 1.29 is 34.0 Å². The maximum absolute atomic E-state index is 12.1. The molecule has 1 unspecified atom stereocenters. The third kappa shape index (κ3) is 6.79. The minimum absolute atomic E-state index is 0.116. The average molecular weight is 369 g/mol. The molecule has 0 saturated heterocycles. The van der Waals surface area contributed by atoms with E-state index in [0.717, 1.165) is 0 Å². The van der Waals surface area contributed by atoms with Gasteiger partial charge in [0, 0.05) is 0 Å². The molecular weight excluding hydrogens is 342 g/mol. The number of hydrogen-bond donors (Lipinski definition) is 3. The monoisotopic (exact) mass is 369 g/mol. The summed E-state index contributed by atoms with van der Waals surface area (Å²) in [6, 6.07) is 3.20. The molecule has 0 aromatic heterocycles. The fourth-order valence-corrected chi connectivity index (χ4v) is 1.92. The molecule has 146 valence electrons. The van der Waals surface area contributed by atoms with Crippen molar-refractivity contribution in [1.29, 1.82) is 0 Å². The summed E-state index contributed by atoms with van der Waals surface area (Å²) in [6.45, 7) is 6.79. The van der Waals surface area contributed by atoms with Gasteiger partial charge >= 0.3 is 12.1 Å². The van der Waals surface area contributed by atoms with Crippen molar-refractivity contribution in [3.63, 3.8) is 0 Å². The Kier molecular flexibility index (Phi) is 8.18. The zero-order chi connectivity index (χ0) is 19.9. The summed E-state index contributed by atoms with van der Waals surface area (Å²) in [6.07, 6.45) is -1.73. The maximum atomic E-state index is 12.1. The predicted octanol–water partition coefficient (Wildman–Crippen LogP) is 2.24. The molecule has 0 aliphatic rings. The van der Waals surface area contributed by atoms with Crippen molar-refractivity contribution in [2.24, 2.45) is 5.73 Å². The van der Waals surface area contributed by atoms with Crippen LogP contribution in [0.15, 0.2) is 18.2 Å². The molecule has 0 bridgehead atoms. The van der Waals surface area contributed by atoms with Crippen molar-refractivity contribution in [1.82, 2.24) is 0 Å². The summed E-state index contributed by atoms with van der Waals surface area (Å²) in [7, 11) is 0. The van der Waals surface area contributed by atoms with Crippen molar-refractivity contribution >= 4 is 12.1 Å². The maximum Gasteiger partial charge on any atom is 0.508 e. The Balaban J connectivity index is 2.51. The van der Waals surface area contributed by atoms with E-state index in [0.29, 0.717) is 12.0 Å². The van der Waals surface area contributed by atoms with E-state index in [-0.39, 0.29) is 24.0 Å². The number of benzene rings is 1. The Morgan fingerprint density at radius 2 is 1.65 bits per heavy atom. The normalized spacial score (nSPS) is 15.4. The van der Waals surface area contributed by atoms with E-state index in [1.54, 1.807) is 26.8 Å². The van der Waals surface area contributed by atoms with Crippen LogP contribution < -0.4 is 5.73 Å². The molecule has 0 aliphatic heterocycles. The second kappa shape index (κ2) is 9.86. The van der Waals surface area contributed by atoms with E-state index >= 15 is 0 Å². The number of phenols is 2. The molecule has 8 nitrogen and oxygen atoms in total. The number of carbonyl (C=O) groups excluding carboxylic acids is 2. The summed E-state index contributed by atoms with van der Waals surface area (Å²) in [4.78, 5) is 23.7. The Morgan fingerprint density at radius 1 is 1.04 bits per heavy atom. The van der Waals surface area contributed by atoms with Gasteiger partial charge in [0.1, 0.15) is 24.4 Å². The van der Waals surface area contributed by atoms with Crippen LogP contribution in [-0.4, -0.2) is 46.7 Å². The summed E-state index contributed by atoms with van der Waals surface area (Å²) < 4.78 is 15.3. The number of rotatable bonds is 8. The molecule has 1 rings (SSSR count). The van der Waals surface area contributed by atoms with Gasteiger partial charge in [0.05, 0.1) is 0 Å². The van der Waals surface area contributed by atoms with Gasteiger partial charge in [-0.15, -0.1) is 0 Å². The molecule has 0 saturated carbocycles. The predicted molar refractivity (Wildman–Crippen MR) is 93.8 cm³/mol. The van der Waals surface area contributed by atoms with Gasteiger partial charge in [-0.2, -0.15) is 0 Å². The van der Waals surface area contributed by atoms with E-state index < -0.39 is 30.4 Å². The molecule has 0 fully saturated rings. The largest absolute Gasteiger partial charge is 0.508 e. The van der Waals surface area contributed by atoms with Gasteiger partial charge in [-0.3, -0.25) is 4.79 Å². The van der Waals surface area contributed by atoms with Gasteiger partial charge in [-0.1, -0.05) is 13.0 Å². The molecule has 26 heavy (non-hydrogen) atoms. The number of nitrogens with two attached hydrogens (primary N) is 1. The standard InChI is InChI=1S/C18H27NO7/c1-5-10(2)24-18(23)26-12(4)11(3)25-17(22)14(19)8-13-6-7-15(20)16(21)9-13/h6-7,9-12,14,20-21H,5,8,19H2,1-4H3/t10?,11-,12+,14+/m1/s1. The third-order valence-electron chi connectivity index (χ3n) is 3.92. The number of aromatic hydroxyl groups is 2. The second-order valence-corrected chi connectivity index (χ2v) is 6.19. The van der Waals surface area contributed by atoms with Crippen LogP contribution in [0.25, 0.3) is 0 Å². The molecule has 0 radical (unpaired) electrons. The van der Waals surface area contributed by atoms with E-state index in [1.807, 2.05) is 6.92 Å². The van der Waals surface area contributed by atoms with Crippen LogP contribution in [0.1, 0.15) is 39.7 Å². The number of esters is 1. The van der Waals surface area contributed by atoms with Crippen LogP contribution in [0.4, 0.5) is 4.79 Å². The number of hydrogen-bond acceptors (Lipinski definition) is 8. The number of ether oxygens (including phenoxy) is 3. The smallest absolute Gasteiger partial charge is 0.504 e. The first-order valence-corrected chi connectivity index (χ1v) is 8.48. The van der Waals surface area contributed by atoms with Crippen molar-refractivity contribution in [2.75, 3.05) is 0 Å². The molecule has 4 atom stereocenters. The number of carbonyl (C=O) groups is 2. The van der Waals surface area contributed by atoms with Crippen LogP contribution >= 0.6 is 0 Å². The molecule has 0 spiro atoms. The van der Waals surface area contributed by atoms with E-state index in [9.17, 15) is 19.8 Å². The molecule has 1 aromatic rings. The lowest BCUT2D eigenvalue weighted by Crippen LogP contribution is -2.39. The number of phenolic OH excluding ortho intramolecular Hbond substituents is 2. The molecule has 0 aliphatic carbocycles. The highest BCUT2D eigenvalue weighted by Gasteiger charge is 2.25. The van der Waals surface area contributed by atoms with E-state index in [1.165, 1.54) is 12.1 Å². The molecule has 8 heteroatoms. The lowest BCUT2D eigenvalue weighted by molar-refractivity contribution is -0.155. The van der Waals surface area contributed by atoms with Crippen LogP contribution in [0, 0.1) is 0 Å². The van der Waals surface area contributed by atoms with Crippen LogP contribution in [-0.2, 0) is 25.4 Å². The van der Waals surface area contributed by atoms with E-state index in [4.69, 9.17) is 19.9 Å². The van der Waals surface area contributed by atoms with E-state index in [2.05, 4.69) is 0 Å². The minimum Gasteiger partial charge on any atom is -0.504 e. The van der Waals surface area contributed by atoms with Crippen LogP contribution in [0.3, 0.4) is 0 Å². The highest BCUT2D eigenvalue weighted by atomic mass is 16.7. The SMILES string of the molecule is CCC(C)OC(=O)O[C@@H](C)[C@@H](C)OC(=O)[C@@H](N)Cc1ccc(O)c(O)c1. The summed E-state index contributed by atoms with van der Waals surface area (Å²) in [5, 5.41) is 18.8. The highest BCUT2D eigenvalue weighted by Crippen LogP contribution is 2.25. The summed E-state index contributed by atoms with van der Waals surface area (Å²) in [5.41, 5.74) is 6.39. The molecule has 1 aromatic carbocycles. The lowest BCUT2D eigenvalue weighted by atomic mass is 10.1. The first kappa shape index (κ1) is 21.6. The molecule has 0 amide bonds. The molecular formula is C18H27NO7. The first-order chi connectivity index (χ1) is 12.1. The Hall–Kier alpha value is -2.48. The van der Waals surface area contributed by atoms with Gasteiger partial charge in [-0.05, 0) is 51.3 Å². The van der Waals surface area contributed by atoms with Crippen LogP contribution in [0.2, 0.25) is 0 Å². The quantitative estimate of drug-likeness (QED) is 0.470. The first-order valence-electron chi connectivity index (χ1n) is 8.48. The topological polar surface area (TPSA) is 128 Å². The minimum atomic E-state index is -0.972. The zero-order valence-electron chi connectivity index (χ0n) is 15.5. The zero-order valence-corrected chi connectivity index (χ0v) is 15.5. The van der Waals surface area contributed by atoms with Gasteiger partial charge in [0.2, 0.25) is 0 Å². The highest BCUT2D eigenvalue weighted by molar-refractivity contribution is 5.76. The summed E-state index contributed by atoms with van der Waals surface area (Å²) >= 11 is 0. The Labute approximate surface area is 152 Å². The second-order valence-electron chi connectivity index (χ2n) is 6.19. The van der Waals surface area contributed by atoms with Gasteiger partial charge in [0.15, 0.2) is 11.5 Å². The van der Waals surface area contributed by atoms with Crippen LogP contribution in [0.5, 0.6) is 11.5 Å². The van der Waals surface area contributed by atoms with Crippen molar-refractivity contribution in [3.05, 3.63) is 23.8 Å².